The van der Waals surface area contributed by atoms with E-state index in [1.807, 2.05) is 0 Å². The SMILES string of the molecule is [Li].[P].[S]=[Sn].[Si]. The molecule has 0 aromatic carbocycles. The summed E-state index contributed by atoms with van der Waals surface area (Å²) < 4.78 is 0. The topological polar surface area (TPSA) is 0 Å². The Balaban J connectivity index is -0.00000000167. The molecule has 0 aromatic heterocycles. The summed E-state index contributed by atoms with van der Waals surface area (Å²) in [7, 11) is 4.17. The van der Waals surface area contributed by atoms with E-state index in [0.29, 0.717) is 0 Å². The third-order valence-electron chi connectivity index (χ3n) is 0. The predicted molar refractivity (Wildman–Crippen MR) is 31.8 cm³/mol. The Morgan fingerprint density at radius 3 is 1.20 bits per heavy atom. The average molecular weight is 217 g/mol. The van der Waals surface area contributed by atoms with Gasteiger partial charge < -0.3 is 0 Å². The maximum Gasteiger partial charge on any atom is 0 e. The molecule has 0 heterocycles. The van der Waals surface area contributed by atoms with Crippen LogP contribution in [-0.4, -0.2) is 50.4 Å². The van der Waals surface area contributed by atoms with Crippen LogP contribution < -0.4 is 0 Å². The molecule has 20 valence electrons. The monoisotopic (exact) mass is 218 g/mol. The van der Waals surface area contributed by atoms with Gasteiger partial charge in [0.05, 0.1) is 0 Å². The van der Waals surface area contributed by atoms with Crippen molar-refractivity contribution in [3.63, 3.8) is 0 Å². The zero-order chi connectivity index (χ0) is 2.00. The zero-order valence-corrected chi connectivity index (χ0v) is 8.42. The molecule has 0 fully saturated rings. The van der Waals surface area contributed by atoms with Gasteiger partial charge in [0, 0.05) is 39.7 Å². The molecular weight excluding hydrogens is 217 g/mol. The molecule has 0 amide bonds. The largest absolute Gasteiger partial charge is 0 e. The molecule has 0 rings (SSSR count). The van der Waals surface area contributed by atoms with Gasteiger partial charge in [-0.15, -0.1) is 0 Å². The summed E-state index contributed by atoms with van der Waals surface area (Å²) in [6.45, 7) is 0. The van der Waals surface area contributed by atoms with Gasteiger partial charge in [-0.25, -0.2) is 0 Å². The van der Waals surface area contributed by atoms with E-state index in [0.717, 1.165) is 20.6 Å². The van der Waals surface area contributed by atoms with Gasteiger partial charge in [0.2, 0.25) is 0 Å². The second-order valence-electron chi connectivity index (χ2n) is 0. The maximum absolute atomic E-state index is 4.17. The van der Waals surface area contributed by atoms with Crippen molar-refractivity contribution in [2.45, 2.75) is 0 Å². The van der Waals surface area contributed by atoms with Crippen molar-refractivity contribution < 1.29 is 0 Å². The Hall–Kier alpha value is 2.26. The Kier molecular flexibility index (Phi) is 181. The minimum Gasteiger partial charge on any atom is 0 e. The van der Waals surface area contributed by atoms with Crippen LogP contribution in [0.4, 0.5) is 0 Å². The van der Waals surface area contributed by atoms with Crippen LogP contribution in [0.1, 0.15) is 0 Å². The van der Waals surface area contributed by atoms with Crippen molar-refractivity contribution in [3.05, 3.63) is 0 Å². The molecule has 0 aliphatic carbocycles. The molecule has 0 unspecified atom stereocenters. The molecule has 0 saturated heterocycles. The number of hydrogen-bond donors (Lipinski definition) is 0. The Morgan fingerprint density at radius 1 is 1.20 bits per heavy atom. The van der Waals surface area contributed by atoms with Crippen LogP contribution in [0.5, 0.6) is 0 Å². The van der Waals surface area contributed by atoms with Gasteiger partial charge in [-0.3, -0.25) is 0 Å². The van der Waals surface area contributed by atoms with Gasteiger partial charge in [-0.2, -0.15) is 0 Å². The molecule has 10 radical (unpaired) electrons. The van der Waals surface area contributed by atoms with Gasteiger partial charge in [0.25, 0.3) is 0 Å². The Bertz CT molecular complexity index is 11.6. The van der Waals surface area contributed by atoms with Crippen molar-refractivity contribution in [2.24, 2.45) is 0 Å². The summed E-state index contributed by atoms with van der Waals surface area (Å²) >= 11 is 1.13. The minimum absolute atomic E-state index is 0. The van der Waals surface area contributed by atoms with Gasteiger partial charge in [-0.05, 0) is 0 Å². The third kappa shape index (κ3) is 22.2. The summed E-state index contributed by atoms with van der Waals surface area (Å²) in [5, 5.41) is 0. The van der Waals surface area contributed by atoms with Crippen molar-refractivity contribution in [3.8, 4) is 0 Å². The molecular formula is LiPSSiSn. The van der Waals surface area contributed by atoms with Crippen molar-refractivity contribution in [1.82, 2.24) is 0 Å². The van der Waals surface area contributed by atoms with Gasteiger partial charge in [0.15, 0.2) is 0 Å². The van der Waals surface area contributed by atoms with E-state index in [9.17, 15) is 0 Å². The fourth-order valence-electron chi connectivity index (χ4n) is 0. The van der Waals surface area contributed by atoms with Crippen LogP contribution in [0.3, 0.4) is 0 Å². The molecule has 0 bridgehead atoms. The van der Waals surface area contributed by atoms with Crippen molar-refractivity contribution >= 4 is 69.6 Å². The molecule has 0 nitrogen and oxygen atoms in total. The zero-order valence-electron chi connectivity index (χ0n) is 2.86. The van der Waals surface area contributed by atoms with Crippen LogP contribution in [0.2, 0.25) is 0 Å². The van der Waals surface area contributed by atoms with E-state index in [-0.39, 0.29) is 39.7 Å². The second kappa shape index (κ2) is 33.9. The summed E-state index contributed by atoms with van der Waals surface area (Å²) in [5.41, 5.74) is 0. The first-order valence-electron chi connectivity index (χ1n) is 0.204. The van der Waals surface area contributed by atoms with Crippen LogP contribution >= 0.6 is 19.2 Å². The molecule has 5 heavy (non-hydrogen) atoms. The standard InChI is InChI=1S/Li.P.S.Si.Sn. The van der Waals surface area contributed by atoms with Crippen LogP contribution in [0.25, 0.3) is 0 Å². The molecule has 5 heteroatoms. The molecule has 0 spiro atoms. The van der Waals surface area contributed by atoms with Crippen LogP contribution in [-0.2, 0) is 0 Å². The summed E-state index contributed by atoms with van der Waals surface area (Å²) in [5.74, 6) is 0. The first-order valence-corrected chi connectivity index (χ1v) is 4.11. The fourth-order valence-corrected chi connectivity index (χ4v) is 0. The van der Waals surface area contributed by atoms with E-state index < -0.39 is 0 Å². The van der Waals surface area contributed by atoms with Crippen LogP contribution in [0, 0.1) is 0 Å². The second-order valence-corrected chi connectivity index (χ2v) is 0. The molecule has 0 N–H and O–H groups in total. The van der Waals surface area contributed by atoms with E-state index in [1.165, 1.54) is 0 Å². The Labute approximate surface area is 68.9 Å². The van der Waals surface area contributed by atoms with E-state index >= 15 is 0 Å². The van der Waals surface area contributed by atoms with E-state index in [4.69, 9.17) is 0 Å². The predicted octanol–water partition coefficient (Wildman–Crippen LogP) is 0.367. The van der Waals surface area contributed by atoms with E-state index in [2.05, 4.69) is 9.29 Å². The summed E-state index contributed by atoms with van der Waals surface area (Å²) in [6, 6.07) is 0. The number of rotatable bonds is 0. The normalized spacial score (nSPS) is 0.800. The smallest absolute Gasteiger partial charge is 0 e. The first kappa shape index (κ1) is 26.8. The third-order valence-corrected chi connectivity index (χ3v) is 0. The summed E-state index contributed by atoms with van der Waals surface area (Å²) in [4.78, 5) is 0. The summed E-state index contributed by atoms with van der Waals surface area (Å²) in [6.07, 6.45) is 0. The average Bonchev–Trinajstić information content (AvgIpc) is 1.00. The quantitative estimate of drug-likeness (QED) is 0.417. The molecule has 0 aromatic rings. The van der Waals surface area contributed by atoms with Gasteiger partial charge >= 0.3 is 29.9 Å². The molecule has 0 aliphatic heterocycles. The van der Waals surface area contributed by atoms with Gasteiger partial charge in [0.1, 0.15) is 0 Å². The minimum atomic E-state index is 0. The Morgan fingerprint density at radius 2 is 1.20 bits per heavy atom. The maximum atomic E-state index is 4.17. The molecule has 0 saturated carbocycles. The van der Waals surface area contributed by atoms with Gasteiger partial charge in [-0.1, -0.05) is 0 Å². The number of hydrogen-bond acceptors (Lipinski definition) is 1. The van der Waals surface area contributed by atoms with E-state index in [1.54, 1.807) is 0 Å². The van der Waals surface area contributed by atoms with Crippen LogP contribution in [0.15, 0.2) is 0 Å². The molecule has 0 aliphatic rings. The first-order chi connectivity index (χ1) is 1.00. The van der Waals surface area contributed by atoms with Crippen molar-refractivity contribution in [2.75, 3.05) is 0 Å². The fraction of sp³-hybridized carbons (Fsp3) is 0. The molecule has 0 atom stereocenters. The van der Waals surface area contributed by atoms with Crippen molar-refractivity contribution in [1.29, 1.82) is 0 Å².